The van der Waals surface area contributed by atoms with Gasteiger partial charge in [0.25, 0.3) is 0 Å². The van der Waals surface area contributed by atoms with Gasteiger partial charge in [0.05, 0.1) is 6.10 Å². The molecule has 0 fully saturated rings. The minimum Gasteiger partial charge on any atom is -0.486 e. The molecule has 4 nitrogen and oxygen atoms in total. The average molecular weight is 209 g/mol. The quantitative estimate of drug-likeness (QED) is 0.757. The summed E-state index contributed by atoms with van der Waals surface area (Å²) in [5.41, 5.74) is 6.38. The number of hydrogen-bond donors (Lipinski definition) is 2. The largest absolute Gasteiger partial charge is 0.486 e. The van der Waals surface area contributed by atoms with E-state index >= 15 is 0 Å². The highest BCUT2D eigenvalue weighted by molar-refractivity contribution is 5.44. The molecule has 0 amide bonds. The Balaban J connectivity index is 2.27. The first-order chi connectivity index (χ1) is 7.18. The molecule has 1 aliphatic rings. The summed E-state index contributed by atoms with van der Waals surface area (Å²) < 4.78 is 10.8. The molecule has 0 bridgehead atoms. The van der Waals surface area contributed by atoms with Gasteiger partial charge in [0.1, 0.15) is 13.2 Å². The van der Waals surface area contributed by atoms with Gasteiger partial charge in [-0.05, 0) is 24.6 Å². The average Bonchev–Trinajstić information content (AvgIpc) is 2.27. The number of aliphatic hydroxyl groups is 1. The van der Waals surface area contributed by atoms with Gasteiger partial charge in [-0.2, -0.15) is 0 Å². The second-order valence-electron chi connectivity index (χ2n) is 3.71. The Kier molecular flexibility index (Phi) is 2.79. The first-order valence-electron chi connectivity index (χ1n) is 5.01. The van der Waals surface area contributed by atoms with Crippen LogP contribution in [0.3, 0.4) is 0 Å². The lowest BCUT2D eigenvalue weighted by molar-refractivity contribution is 0.149. The van der Waals surface area contributed by atoms with Crippen molar-refractivity contribution in [1.29, 1.82) is 0 Å². The van der Waals surface area contributed by atoms with E-state index in [1.807, 2.05) is 6.07 Å². The molecule has 1 aromatic rings. The highest BCUT2D eigenvalue weighted by Crippen LogP contribution is 2.32. The third kappa shape index (κ3) is 2.06. The molecule has 0 saturated heterocycles. The fourth-order valence-electron chi connectivity index (χ4n) is 1.55. The van der Waals surface area contributed by atoms with E-state index in [-0.39, 0.29) is 6.04 Å². The maximum Gasteiger partial charge on any atom is 0.161 e. The SMILES string of the molecule is C[C@H](N)[C@H](O)c1ccc2c(c1)OCCO2. The van der Waals surface area contributed by atoms with Gasteiger partial charge in [-0.3, -0.25) is 0 Å². The highest BCUT2D eigenvalue weighted by atomic mass is 16.6. The first-order valence-corrected chi connectivity index (χ1v) is 5.01. The second kappa shape index (κ2) is 4.08. The minimum atomic E-state index is -0.666. The van der Waals surface area contributed by atoms with Crippen LogP contribution < -0.4 is 15.2 Å². The molecule has 15 heavy (non-hydrogen) atoms. The van der Waals surface area contributed by atoms with Crippen LogP contribution >= 0.6 is 0 Å². The summed E-state index contributed by atoms with van der Waals surface area (Å²) in [7, 11) is 0. The molecule has 0 radical (unpaired) electrons. The number of nitrogens with two attached hydrogens (primary N) is 1. The molecular weight excluding hydrogens is 194 g/mol. The van der Waals surface area contributed by atoms with Gasteiger partial charge in [0.2, 0.25) is 0 Å². The molecule has 82 valence electrons. The van der Waals surface area contributed by atoms with Gasteiger partial charge in [-0.1, -0.05) is 6.07 Å². The third-order valence-corrected chi connectivity index (χ3v) is 2.41. The topological polar surface area (TPSA) is 64.7 Å². The molecule has 0 aliphatic carbocycles. The number of ether oxygens (including phenoxy) is 2. The van der Waals surface area contributed by atoms with Crippen LogP contribution in [-0.2, 0) is 0 Å². The van der Waals surface area contributed by atoms with Gasteiger partial charge >= 0.3 is 0 Å². The van der Waals surface area contributed by atoms with E-state index in [1.165, 1.54) is 0 Å². The Labute approximate surface area is 88.6 Å². The van der Waals surface area contributed by atoms with E-state index in [0.29, 0.717) is 19.0 Å². The van der Waals surface area contributed by atoms with E-state index in [2.05, 4.69) is 0 Å². The summed E-state index contributed by atoms with van der Waals surface area (Å²) in [5, 5.41) is 9.78. The monoisotopic (exact) mass is 209 g/mol. The van der Waals surface area contributed by atoms with Gasteiger partial charge in [0.15, 0.2) is 11.5 Å². The van der Waals surface area contributed by atoms with Gasteiger partial charge in [0, 0.05) is 6.04 Å². The lowest BCUT2D eigenvalue weighted by Crippen LogP contribution is -2.24. The van der Waals surface area contributed by atoms with Gasteiger partial charge < -0.3 is 20.3 Å². The Morgan fingerprint density at radius 1 is 1.27 bits per heavy atom. The van der Waals surface area contributed by atoms with Crippen molar-refractivity contribution < 1.29 is 14.6 Å². The van der Waals surface area contributed by atoms with Crippen molar-refractivity contribution in [3.63, 3.8) is 0 Å². The van der Waals surface area contributed by atoms with Crippen LogP contribution in [0.1, 0.15) is 18.6 Å². The van der Waals surface area contributed by atoms with Crippen LogP contribution in [0.25, 0.3) is 0 Å². The molecule has 0 spiro atoms. The smallest absolute Gasteiger partial charge is 0.161 e. The fourth-order valence-corrected chi connectivity index (χ4v) is 1.55. The predicted octanol–water partition coefficient (Wildman–Crippen LogP) is 0.838. The molecule has 1 aliphatic heterocycles. The number of aliphatic hydroxyl groups excluding tert-OH is 1. The molecule has 2 rings (SSSR count). The first kappa shape index (κ1) is 10.3. The van der Waals surface area contributed by atoms with E-state index in [4.69, 9.17) is 15.2 Å². The standard InChI is InChI=1S/C11H15NO3/c1-7(12)11(13)8-2-3-9-10(6-8)15-5-4-14-9/h2-3,6-7,11,13H,4-5,12H2,1H3/t7-,11-/m0/s1. The zero-order chi connectivity index (χ0) is 10.8. The van der Waals surface area contributed by atoms with E-state index in [9.17, 15) is 5.11 Å². The number of benzene rings is 1. The Morgan fingerprint density at radius 2 is 1.93 bits per heavy atom. The van der Waals surface area contributed by atoms with E-state index in [1.54, 1.807) is 19.1 Å². The number of rotatable bonds is 2. The summed E-state index contributed by atoms with van der Waals surface area (Å²) in [6.45, 7) is 2.88. The highest BCUT2D eigenvalue weighted by Gasteiger charge is 2.17. The van der Waals surface area contributed by atoms with Crippen LogP contribution in [0.15, 0.2) is 18.2 Å². The van der Waals surface area contributed by atoms with Crippen molar-refractivity contribution in [2.75, 3.05) is 13.2 Å². The molecule has 3 N–H and O–H groups in total. The van der Waals surface area contributed by atoms with Crippen molar-refractivity contribution in [3.8, 4) is 11.5 Å². The van der Waals surface area contributed by atoms with Crippen molar-refractivity contribution in [3.05, 3.63) is 23.8 Å². The third-order valence-electron chi connectivity index (χ3n) is 2.41. The Morgan fingerprint density at radius 3 is 2.60 bits per heavy atom. The van der Waals surface area contributed by atoms with Crippen molar-refractivity contribution in [2.24, 2.45) is 5.73 Å². The zero-order valence-electron chi connectivity index (χ0n) is 8.64. The van der Waals surface area contributed by atoms with Crippen LogP contribution in [0.4, 0.5) is 0 Å². The van der Waals surface area contributed by atoms with E-state index in [0.717, 1.165) is 11.3 Å². The van der Waals surface area contributed by atoms with Crippen molar-refractivity contribution in [1.82, 2.24) is 0 Å². The predicted molar refractivity (Wildman–Crippen MR) is 56.0 cm³/mol. The Hall–Kier alpha value is -1.26. The van der Waals surface area contributed by atoms with Crippen LogP contribution in [0, 0.1) is 0 Å². The molecule has 1 heterocycles. The number of fused-ring (bicyclic) bond motifs is 1. The van der Waals surface area contributed by atoms with Crippen molar-refractivity contribution in [2.45, 2.75) is 19.1 Å². The summed E-state index contributed by atoms with van der Waals surface area (Å²) >= 11 is 0. The molecule has 0 aromatic heterocycles. The maximum atomic E-state index is 9.78. The molecule has 0 saturated carbocycles. The molecule has 0 unspecified atom stereocenters. The van der Waals surface area contributed by atoms with Crippen molar-refractivity contribution >= 4 is 0 Å². The van der Waals surface area contributed by atoms with Gasteiger partial charge in [-0.15, -0.1) is 0 Å². The summed E-state index contributed by atoms with van der Waals surface area (Å²) in [4.78, 5) is 0. The molecular formula is C11H15NO3. The van der Waals surface area contributed by atoms with Gasteiger partial charge in [-0.25, -0.2) is 0 Å². The summed E-state index contributed by atoms with van der Waals surface area (Å²) in [5.74, 6) is 1.40. The minimum absolute atomic E-state index is 0.299. The molecule has 2 atom stereocenters. The summed E-state index contributed by atoms with van der Waals surface area (Å²) in [6, 6.07) is 5.09. The van der Waals surface area contributed by atoms with E-state index < -0.39 is 6.10 Å². The maximum absolute atomic E-state index is 9.78. The molecule has 4 heteroatoms. The number of hydrogen-bond acceptors (Lipinski definition) is 4. The zero-order valence-corrected chi connectivity index (χ0v) is 8.64. The van der Waals surface area contributed by atoms with Crippen LogP contribution in [0.5, 0.6) is 11.5 Å². The summed E-state index contributed by atoms with van der Waals surface area (Å²) in [6.07, 6.45) is -0.666. The van der Waals surface area contributed by atoms with Crippen LogP contribution in [0.2, 0.25) is 0 Å². The second-order valence-corrected chi connectivity index (χ2v) is 3.71. The lowest BCUT2D eigenvalue weighted by Gasteiger charge is -2.21. The fraction of sp³-hybridized carbons (Fsp3) is 0.455. The Bertz CT molecular complexity index is 352. The molecule has 1 aromatic carbocycles. The van der Waals surface area contributed by atoms with Crippen LogP contribution in [-0.4, -0.2) is 24.4 Å². The lowest BCUT2D eigenvalue weighted by atomic mass is 10.0. The normalized spacial score (nSPS) is 18.3.